The van der Waals surface area contributed by atoms with Crippen molar-refractivity contribution in [2.45, 2.75) is 31.9 Å². The summed E-state index contributed by atoms with van der Waals surface area (Å²) < 4.78 is 46.5. The molecule has 4 heterocycles. The molecule has 1 saturated heterocycles. The molecule has 3 aromatic heterocycles. The fraction of sp³-hybridized carbons (Fsp3) is 0.389. The third-order valence-corrected chi connectivity index (χ3v) is 4.72. The standard InChI is InChI=1S/C18H17F3N4O2/c1-11-8-16-22-13(9-15(18(19,20)21)25(16)23-11)12-4-2-6-24(10-12)17(26)14-5-3-7-27-14/h3,5,7-9,12H,2,4,6,10H2,1H3/t12-/m1/s1. The van der Waals surface area contributed by atoms with Crippen LogP contribution >= 0.6 is 0 Å². The van der Waals surface area contributed by atoms with Gasteiger partial charge in [0.25, 0.3) is 5.91 Å². The highest BCUT2D eigenvalue weighted by atomic mass is 19.4. The second-order valence-electron chi connectivity index (χ2n) is 6.69. The van der Waals surface area contributed by atoms with Gasteiger partial charge in [-0.05, 0) is 38.0 Å². The highest BCUT2D eigenvalue weighted by molar-refractivity contribution is 5.91. The van der Waals surface area contributed by atoms with Crippen LogP contribution < -0.4 is 0 Å². The van der Waals surface area contributed by atoms with Crippen molar-refractivity contribution in [1.29, 1.82) is 0 Å². The van der Waals surface area contributed by atoms with Gasteiger partial charge in [-0.15, -0.1) is 0 Å². The van der Waals surface area contributed by atoms with Crippen LogP contribution in [0, 0.1) is 6.92 Å². The van der Waals surface area contributed by atoms with E-state index in [0.29, 0.717) is 37.3 Å². The van der Waals surface area contributed by atoms with Crippen molar-refractivity contribution in [3.8, 4) is 0 Å². The zero-order valence-corrected chi connectivity index (χ0v) is 14.5. The summed E-state index contributed by atoms with van der Waals surface area (Å²) in [4.78, 5) is 18.5. The normalized spacial score (nSPS) is 18.2. The van der Waals surface area contributed by atoms with Crippen LogP contribution in [0.1, 0.15) is 46.4 Å². The van der Waals surface area contributed by atoms with Crippen molar-refractivity contribution in [1.82, 2.24) is 19.5 Å². The molecular weight excluding hydrogens is 361 g/mol. The number of piperidine rings is 1. The maximum absolute atomic E-state index is 13.5. The number of aryl methyl sites for hydroxylation is 1. The quantitative estimate of drug-likeness (QED) is 0.683. The number of likely N-dealkylation sites (tertiary alicyclic amines) is 1. The fourth-order valence-corrected chi connectivity index (χ4v) is 3.48. The summed E-state index contributed by atoms with van der Waals surface area (Å²) in [5.41, 5.74) is 0.0898. The molecule has 0 aliphatic carbocycles. The predicted molar refractivity (Wildman–Crippen MR) is 89.3 cm³/mol. The molecule has 9 heteroatoms. The van der Waals surface area contributed by atoms with Crippen LogP contribution in [-0.4, -0.2) is 38.5 Å². The minimum atomic E-state index is -4.55. The van der Waals surface area contributed by atoms with Gasteiger partial charge in [-0.1, -0.05) is 0 Å². The van der Waals surface area contributed by atoms with E-state index in [9.17, 15) is 18.0 Å². The molecule has 0 radical (unpaired) electrons. The van der Waals surface area contributed by atoms with Crippen LogP contribution in [0.4, 0.5) is 13.2 Å². The van der Waals surface area contributed by atoms with Gasteiger partial charge in [-0.2, -0.15) is 18.3 Å². The highest BCUT2D eigenvalue weighted by Gasteiger charge is 2.36. The van der Waals surface area contributed by atoms with Crippen molar-refractivity contribution < 1.29 is 22.4 Å². The van der Waals surface area contributed by atoms with Crippen LogP contribution in [0.3, 0.4) is 0 Å². The Morgan fingerprint density at radius 3 is 2.85 bits per heavy atom. The Morgan fingerprint density at radius 2 is 2.15 bits per heavy atom. The molecule has 0 spiro atoms. The Bertz CT molecular complexity index is 979. The van der Waals surface area contributed by atoms with Crippen molar-refractivity contribution in [2.24, 2.45) is 0 Å². The first-order valence-corrected chi connectivity index (χ1v) is 8.60. The summed E-state index contributed by atoms with van der Waals surface area (Å²) in [6.45, 7) is 2.46. The SMILES string of the molecule is Cc1cc2nc([C@@H]3CCCN(C(=O)c4ccco4)C3)cc(C(F)(F)F)n2n1. The molecule has 1 aliphatic heterocycles. The molecule has 0 bridgehead atoms. The smallest absolute Gasteiger partial charge is 0.433 e. The number of aromatic nitrogens is 3. The van der Waals surface area contributed by atoms with Gasteiger partial charge in [0.2, 0.25) is 0 Å². The topological polar surface area (TPSA) is 63.6 Å². The fourth-order valence-electron chi connectivity index (χ4n) is 3.48. The molecule has 0 aromatic carbocycles. The molecule has 3 aromatic rings. The number of fused-ring (bicyclic) bond motifs is 1. The minimum Gasteiger partial charge on any atom is -0.459 e. The van der Waals surface area contributed by atoms with E-state index < -0.39 is 11.9 Å². The van der Waals surface area contributed by atoms with Crippen LogP contribution in [0.5, 0.6) is 0 Å². The van der Waals surface area contributed by atoms with Crippen LogP contribution in [0.15, 0.2) is 34.9 Å². The molecular formula is C18H17F3N4O2. The lowest BCUT2D eigenvalue weighted by Gasteiger charge is -2.32. The van der Waals surface area contributed by atoms with Gasteiger partial charge in [0.15, 0.2) is 11.4 Å². The van der Waals surface area contributed by atoms with Gasteiger partial charge in [0.05, 0.1) is 12.0 Å². The maximum atomic E-state index is 13.5. The summed E-state index contributed by atoms with van der Waals surface area (Å²) in [5.74, 6) is -0.317. The number of furan rings is 1. The summed E-state index contributed by atoms with van der Waals surface area (Å²) in [5, 5.41) is 3.90. The third kappa shape index (κ3) is 3.29. The van der Waals surface area contributed by atoms with Gasteiger partial charge in [0, 0.05) is 30.8 Å². The average Bonchev–Trinajstić information content (AvgIpc) is 3.28. The maximum Gasteiger partial charge on any atom is 0.433 e. The van der Waals surface area contributed by atoms with E-state index in [0.717, 1.165) is 10.6 Å². The lowest BCUT2D eigenvalue weighted by atomic mass is 9.94. The van der Waals surface area contributed by atoms with Crippen molar-refractivity contribution in [2.75, 3.05) is 13.1 Å². The van der Waals surface area contributed by atoms with Crippen molar-refractivity contribution >= 4 is 11.6 Å². The molecule has 1 fully saturated rings. The second-order valence-corrected chi connectivity index (χ2v) is 6.69. The van der Waals surface area contributed by atoms with E-state index in [2.05, 4.69) is 10.1 Å². The number of amides is 1. The first-order chi connectivity index (χ1) is 12.8. The first kappa shape index (κ1) is 17.6. The van der Waals surface area contributed by atoms with Crippen molar-refractivity contribution in [3.05, 3.63) is 53.4 Å². The van der Waals surface area contributed by atoms with E-state index in [1.165, 1.54) is 12.3 Å². The number of hydrogen-bond donors (Lipinski definition) is 0. The third-order valence-electron chi connectivity index (χ3n) is 4.72. The van der Waals surface area contributed by atoms with E-state index in [1.54, 1.807) is 24.0 Å². The molecule has 1 atom stereocenters. The zero-order chi connectivity index (χ0) is 19.2. The van der Waals surface area contributed by atoms with Gasteiger partial charge < -0.3 is 9.32 Å². The largest absolute Gasteiger partial charge is 0.459 e. The van der Waals surface area contributed by atoms with Gasteiger partial charge in [-0.3, -0.25) is 4.79 Å². The predicted octanol–water partition coefficient (Wildman–Crippen LogP) is 3.67. The monoisotopic (exact) mass is 378 g/mol. The van der Waals surface area contributed by atoms with Gasteiger partial charge >= 0.3 is 6.18 Å². The lowest BCUT2D eigenvalue weighted by Crippen LogP contribution is -2.39. The lowest BCUT2D eigenvalue weighted by molar-refractivity contribution is -0.142. The number of nitrogens with zero attached hydrogens (tertiary/aromatic N) is 4. The Labute approximate surface area is 152 Å². The highest BCUT2D eigenvalue weighted by Crippen LogP contribution is 2.33. The average molecular weight is 378 g/mol. The van der Waals surface area contributed by atoms with E-state index in [1.807, 2.05) is 0 Å². The van der Waals surface area contributed by atoms with Crippen molar-refractivity contribution in [3.63, 3.8) is 0 Å². The first-order valence-electron chi connectivity index (χ1n) is 8.60. The molecule has 6 nitrogen and oxygen atoms in total. The molecule has 142 valence electrons. The Hall–Kier alpha value is -2.84. The van der Waals surface area contributed by atoms with Crippen LogP contribution in [0.2, 0.25) is 0 Å². The molecule has 27 heavy (non-hydrogen) atoms. The number of carbonyl (C=O) groups is 1. The molecule has 0 N–H and O–H groups in total. The second kappa shape index (κ2) is 6.40. The molecule has 1 aliphatic rings. The van der Waals surface area contributed by atoms with Gasteiger partial charge in [-0.25, -0.2) is 9.50 Å². The number of alkyl halides is 3. The minimum absolute atomic E-state index is 0.159. The molecule has 0 saturated carbocycles. The van der Waals surface area contributed by atoms with Crippen LogP contribution in [-0.2, 0) is 6.18 Å². The Kier molecular flexibility index (Phi) is 4.16. The summed E-state index contributed by atoms with van der Waals surface area (Å²) in [6.07, 6.45) is -1.78. The van der Waals surface area contributed by atoms with E-state index in [4.69, 9.17) is 4.42 Å². The van der Waals surface area contributed by atoms with Crippen LogP contribution in [0.25, 0.3) is 5.65 Å². The summed E-state index contributed by atoms with van der Waals surface area (Å²) in [6, 6.07) is 5.77. The summed E-state index contributed by atoms with van der Waals surface area (Å²) in [7, 11) is 0. The number of rotatable bonds is 2. The molecule has 4 rings (SSSR count). The number of carbonyl (C=O) groups excluding carboxylic acids is 1. The summed E-state index contributed by atoms with van der Waals surface area (Å²) >= 11 is 0. The van der Waals surface area contributed by atoms with E-state index >= 15 is 0 Å². The number of halogens is 3. The molecule has 0 unspecified atom stereocenters. The van der Waals surface area contributed by atoms with E-state index in [-0.39, 0.29) is 23.2 Å². The number of hydrogen-bond acceptors (Lipinski definition) is 4. The molecule has 1 amide bonds. The Morgan fingerprint density at radius 1 is 1.33 bits per heavy atom. The van der Waals surface area contributed by atoms with Gasteiger partial charge in [0.1, 0.15) is 5.69 Å². The zero-order valence-electron chi connectivity index (χ0n) is 14.5. The Balaban J connectivity index is 1.68.